The Bertz CT molecular complexity index is 1650. The lowest BCUT2D eigenvalue weighted by Gasteiger charge is -2.42. The molecule has 0 spiro atoms. The number of amides is 1. The lowest BCUT2D eigenvalue weighted by atomic mass is 9.93. The Morgan fingerprint density at radius 2 is 1.63 bits per heavy atom. The number of H-pyrrole nitrogens is 1. The molecule has 13 heteroatoms. The molecule has 6 N–H and O–H groups in total. The number of pyridine rings is 1. The van der Waals surface area contributed by atoms with Crippen molar-refractivity contribution in [3.8, 4) is 11.4 Å². The Labute approximate surface area is 268 Å². The number of rotatable bonds is 8. The molecule has 2 saturated heterocycles. The quantitative estimate of drug-likeness (QED) is 0.195. The van der Waals surface area contributed by atoms with E-state index in [4.69, 9.17) is 15.7 Å². The summed E-state index contributed by atoms with van der Waals surface area (Å²) in [5.74, 6) is 0.0545. The highest BCUT2D eigenvalue weighted by Gasteiger charge is 2.28. The number of benzene rings is 1. The van der Waals surface area contributed by atoms with Crippen LogP contribution >= 0.6 is 0 Å². The number of piperazine rings is 1. The first-order valence-corrected chi connectivity index (χ1v) is 16.4. The number of nitrogens with zero attached hydrogens (tertiary/aromatic N) is 7. The number of aliphatic hydroxyl groups excluding tert-OH is 1. The van der Waals surface area contributed by atoms with Crippen LogP contribution in [0.3, 0.4) is 0 Å². The van der Waals surface area contributed by atoms with Gasteiger partial charge >= 0.3 is 0 Å². The van der Waals surface area contributed by atoms with Crippen molar-refractivity contribution in [2.24, 2.45) is 5.73 Å². The van der Waals surface area contributed by atoms with Crippen molar-refractivity contribution in [3.63, 3.8) is 0 Å². The molecule has 2 aliphatic heterocycles. The van der Waals surface area contributed by atoms with Crippen molar-refractivity contribution in [2.75, 3.05) is 61.8 Å². The maximum absolute atomic E-state index is 12.7. The van der Waals surface area contributed by atoms with Gasteiger partial charge in [-0.1, -0.05) is 0 Å². The molecule has 3 aliphatic rings. The van der Waals surface area contributed by atoms with Gasteiger partial charge in [0.05, 0.1) is 17.9 Å². The van der Waals surface area contributed by atoms with Crippen LogP contribution < -0.4 is 21.3 Å². The average Bonchev–Trinajstić information content (AvgIpc) is 3.56. The van der Waals surface area contributed by atoms with Gasteiger partial charge in [0.25, 0.3) is 5.91 Å². The van der Waals surface area contributed by atoms with Crippen molar-refractivity contribution >= 4 is 40.0 Å². The van der Waals surface area contributed by atoms with Crippen molar-refractivity contribution in [1.82, 2.24) is 34.7 Å². The van der Waals surface area contributed by atoms with E-state index in [1.54, 1.807) is 12.5 Å². The fraction of sp³-hybridized carbons (Fsp3) is 0.485. The zero-order valence-corrected chi connectivity index (χ0v) is 26.3. The number of hydrogen-bond acceptors (Lipinski definition) is 11. The molecule has 0 unspecified atom stereocenters. The van der Waals surface area contributed by atoms with Gasteiger partial charge in [0.1, 0.15) is 16.9 Å². The highest BCUT2D eigenvalue weighted by Crippen LogP contribution is 2.34. The Morgan fingerprint density at radius 3 is 2.35 bits per heavy atom. The summed E-state index contributed by atoms with van der Waals surface area (Å²) in [5.41, 5.74) is 10.2. The second-order valence-corrected chi connectivity index (χ2v) is 12.8. The minimum Gasteiger partial charge on any atom is -0.393 e. The number of fused-ring (bicyclic) bond motifs is 1. The Balaban J connectivity index is 1.12. The normalized spacial score (nSPS) is 21.8. The number of carbonyl (C=O) groups excluding carboxylic acids is 1. The molecular formula is C33H43N11O2. The fourth-order valence-electron chi connectivity index (χ4n) is 6.98. The second-order valence-electron chi connectivity index (χ2n) is 12.8. The number of anilines is 4. The number of aliphatic hydroxyl groups is 1. The van der Waals surface area contributed by atoms with Crippen molar-refractivity contribution in [1.29, 1.82) is 0 Å². The molecule has 1 aliphatic carbocycles. The van der Waals surface area contributed by atoms with Crippen LogP contribution in [0.5, 0.6) is 0 Å². The second kappa shape index (κ2) is 13.2. The highest BCUT2D eigenvalue weighted by molar-refractivity contribution is 5.99. The van der Waals surface area contributed by atoms with E-state index in [0.29, 0.717) is 41.6 Å². The van der Waals surface area contributed by atoms with E-state index >= 15 is 0 Å². The van der Waals surface area contributed by atoms with Gasteiger partial charge in [-0.3, -0.25) is 14.7 Å². The van der Waals surface area contributed by atoms with Gasteiger partial charge in [-0.2, -0.15) is 0 Å². The number of aromatic nitrogens is 5. The van der Waals surface area contributed by atoms with E-state index < -0.39 is 5.91 Å². The smallest absolute Gasteiger partial charge is 0.271 e. The molecule has 7 rings (SSSR count). The lowest BCUT2D eigenvalue weighted by molar-refractivity contribution is 0.0982. The topological polar surface area (TPSA) is 164 Å². The van der Waals surface area contributed by atoms with Crippen LogP contribution in [0.15, 0.2) is 42.9 Å². The van der Waals surface area contributed by atoms with E-state index in [-0.39, 0.29) is 23.7 Å². The summed E-state index contributed by atoms with van der Waals surface area (Å²) in [5, 5.41) is 16.9. The Morgan fingerprint density at radius 1 is 0.891 bits per heavy atom. The van der Waals surface area contributed by atoms with Gasteiger partial charge in [0, 0.05) is 68.9 Å². The van der Waals surface area contributed by atoms with Crippen LogP contribution in [0.4, 0.5) is 23.0 Å². The first kappa shape index (κ1) is 30.3. The van der Waals surface area contributed by atoms with Crippen LogP contribution in [0.1, 0.15) is 49.0 Å². The van der Waals surface area contributed by atoms with Gasteiger partial charge in [-0.05, 0) is 75.9 Å². The molecule has 3 fully saturated rings. The summed E-state index contributed by atoms with van der Waals surface area (Å²) in [7, 11) is 2.20. The van der Waals surface area contributed by atoms with Crippen LogP contribution in [0, 0.1) is 0 Å². The fourth-order valence-corrected chi connectivity index (χ4v) is 6.98. The van der Waals surface area contributed by atoms with Crippen LogP contribution in [0.25, 0.3) is 22.4 Å². The minimum atomic E-state index is -0.697. The number of aromatic amines is 1. The highest BCUT2D eigenvalue weighted by atomic mass is 16.3. The lowest BCUT2D eigenvalue weighted by Crippen LogP contribution is -2.52. The summed E-state index contributed by atoms with van der Waals surface area (Å²) in [6.07, 6.45) is 8.32. The standard InChI is InChI=1S/C33H43N11O2/c1-42-16-18-44(19-17-42)24-11-14-43(15-12-24)23-6-2-21(3-7-23)39-33-30(31(34)46)40-29(28-27-26(10-13-35-28)36-20-37-27)32(41-33)38-22-4-8-25(45)9-5-22/h2-3,6-7,10,13,20,22,24-25,45H,4-5,8-9,11-12,14-19H2,1H3,(H2,34,46)(H,36,37)(H2,38,39,41)/t22-,25-. The largest absolute Gasteiger partial charge is 0.393 e. The zero-order valence-electron chi connectivity index (χ0n) is 26.3. The summed E-state index contributed by atoms with van der Waals surface area (Å²) >= 11 is 0. The van der Waals surface area contributed by atoms with E-state index in [1.165, 1.54) is 18.5 Å². The minimum absolute atomic E-state index is 0.0176. The summed E-state index contributed by atoms with van der Waals surface area (Å²) in [6, 6.07) is 10.8. The molecule has 0 atom stereocenters. The SMILES string of the molecule is CN1CCN(C2CCN(c3ccc(Nc4nc(N[C@H]5CC[C@H](O)CC5)c(-c5nccc6[nH]cnc56)nc4C(N)=O)cc3)CC2)CC1. The molecule has 3 aromatic heterocycles. The van der Waals surface area contributed by atoms with Gasteiger partial charge in [-0.25, -0.2) is 15.0 Å². The number of hydrogen-bond donors (Lipinski definition) is 5. The van der Waals surface area contributed by atoms with Crippen molar-refractivity contribution in [3.05, 3.63) is 48.5 Å². The van der Waals surface area contributed by atoms with Crippen LogP contribution in [-0.2, 0) is 0 Å². The van der Waals surface area contributed by atoms with Crippen molar-refractivity contribution < 1.29 is 9.90 Å². The molecule has 4 aromatic rings. The van der Waals surface area contributed by atoms with E-state index in [0.717, 1.165) is 63.3 Å². The number of nitrogens with one attached hydrogen (secondary N) is 3. The monoisotopic (exact) mass is 625 g/mol. The number of likely N-dealkylation sites (N-methyl/N-ethyl adjacent to an activating group) is 1. The summed E-state index contributed by atoms with van der Waals surface area (Å²) < 4.78 is 0. The summed E-state index contributed by atoms with van der Waals surface area (Å²) in [4.78, 5) is 42.0. The predicted octanol–water partition coefficient (Wildman–Crippen LogP) is 3.19. The first-order valence-electron chi connectivity index (χ1n) is 16.4. The molecule has 0 bridgehead atoms. The van der Waals surface area contributed by atoms with E-state index in [1.807, 2.05) is 18.2 Å². The van der Waals surface area contributed by atoms with E-state index in [2.05, 4.69) is 59.5 Å². The molecule has 0 radical (unpaired) electrons. The summed E-state index contributed by atoms with van der Waals surface area (Å²) in [6.45, 7) is 6.69. The molecule has 242 valence electrons. The predicted molar refractivity (Wildman–Crippen MR) is 179 cm³/mol. The molecule has 1 saturated carbocycles. The molecule has 1 aromatic carbocycles. The maximum Gasteiger partial charge on any atom is 0.271 e. The third-order valence-electron chi connectivity index (χ3n) is 9.74. The molecule has 46 heavy (non-hydrogen) atoms. The zero-order chi connectivity index (χ0) is 31.6. The van der Waals surface area contributed by atoms with Gasteiger partial charge < -0.3 is 36.3 Å². The molecular weight excluding hydrogens is 582 g/mol. The number of primary amides is 1. The number of imidazole rings is 1. The Hall–Kier alpha value is -4.33. The third kappa shape index (κ3) is 6.48. The third-order valence-corrected chi connectivity index (χ3v) is 9.74. The first-order chi connectivity index (χ1) is 22.4. The Kier molecular flexibility index (Phi) is 8.69. The van der Waals surface area contributed by atoms with Gasteiger partial charge in [-0.15, -0.1) is 0 Å². The number of carbonyl (C=O) groups is 1. The van der Waals surface area contributed by atoms with Gasteiger partial charge in [0.2, 0.25) is 0 Å². The van der Waals surface area contributed by atoms with E-state index in [9.17, 15) is 9.90 Å². The van der Waals surface area contributed by atoms with Crippen LogP contribution in [-0.4, -0.2) is 110 Å². The maximum atomic E-state index is 12.7. The molecule has 1 amide bonds. The van der Waals surface area contributed by atoms with Crippen LogP contribution in [0.2, 0.25) is 0 Å². The number of piperidine rings is 1. The van der Waals surface area contributed by atoms with Gasteiger partial charge in [0.15, 0.2) is 17.3 Å². The average molecular weight is 626 g/mol. The van der Waals surface area contributed by atoms with Crippen molar-refractivity contribution in [2.45, 2.75) is 56.7 Å². The molecule has 5 heterocycles. The number of nitrogens with two attached hydrogens (primary N) is 1. The molecule has 13 nitrogen and oxygen atoms in total.